The molecule has 6 nitrogen and oxygen atoms in total. The minimum absolute atomic E-state index is 0.136. The Bertz CT molecular complexity index is 1180. The van der Waals surface area contributed by atoms with Crippen molar-refractivity contribution in [1.29, 1.82) is 0 Å². The van der Waals surface area contributed by atoms with Crippen molar-refractivity contribution in [2.45, 2.75) is 45.8 Å². The maximum absolute atomic E-state index is 13.5. The van der Waals surface area contributed by atoms with Gasteiger partial charge in [0.05, 0.1) is 0 Å². The van der Waals surface area contributed by atoms with Crippen LogP contribution in [0.4, 0.5) is 0 Å². The summed E-state index contributed by atoms with van der Waals surface area (Å²) in [6.45, 7) is 7.95. The predicted molar refractivity (Wildman–Crippen MR) is 128 cm³/mol. The van der Waals surface area contributed by atoms with Gasteiger partial charge in [0.2, 0.25) is 5.91 Å². The number of pyridine rings is 1. The van der Waals surface area contributed by atoms with E-state index in [9.17, 15) is 9.59 Å². The average molecular weight is 444 g/mol. The van der Waals surface area contributed by atoms with Crippen LogP contribution in [0.2, 0.25) is 0 Å². The zero-order valence-electron chi connectivity index (χ0n) is 19.5. The molecular formula is C27H29N3O3. The zero-order chi connectivity index (χ0) is 23.6. The number of hydrogen-bond donors (Lipinski definition) is 1. The molecule has 0 radical (unpaired) electrons. The van der Waals surface area contributed by atoms with Gasteiger partial charge in [-0.05, 0) is 56.0 Å². The van der Waals surface area contributed by atoms with Crippen LogP contribution in [0.25, 0.3) is 11.1 Å². The van der Waals surface area contributed by atoms with Gasteiger partial charge >= 0.3 is 0 Å². The van der Waals surface area contributed by atoms with Crippen LogP contribution in [-0.2, 0) is 16.1 Å². The van der Waals surface area contributed by atoms with Crippen molar-refractivity contribution < 1.29 is 14.3 Å². The van der Waals surface area contributed by atoms with E-state index in [1.54, 1.807) is 23.4 Å². The molecule has 6 heteroatoms. The lowest BCUT2D eigenvalue weighted by Crippen LogP contribution is -2.49. The minimum Gasteiger partial charge on any atom is -0.483 e. The molecule has 1 aliphatic rings. The van der Waals surface area contributed by atoms with Crippen LogP contribution >= 0.6 is 0 Å². The maximum atomic E-state index is 13.5. The number of nitrogens with one attached hydrogen (secondary N) is 1. The molecule has 0 bridgehead atoms. The van der Waals surface area contributed by atoms with Crippen molar-refractivity contribution in [3.8, 4) is 16.9 Å². The van der Waals surface area contributed by atoms with E-state index in [-0.39, 0.29) is 25.0 Å². The summed E-state index contributed by atoms with van der Waals surface area (Å²) in [5, 5.41) is 3.03. The number of rotatable bonds is 4. The fourth-order valence-electron chi connectivity index (χ4n) is 4.14. The van der Waals surface area contributed by atoms with Crippen LogP contribution in [0.3, 0.4) is 0 Å². The molecule has 2 aromatic carbocycles. The zero-order valence-corrected chi connectivity index (χ0v) is 19.5. The SMILES string of the molecule is Cc1ccccc1-c1ccccc1CN1C(=O)COc2ccncc2C1C(=O)NC(C)(C)C. The van der Waals surface area contributed by atoms with E-state index in [4.69, 9.17) is 4.74 Å². The molecule has 1 aliphatic heterocycles. The van der Waals surface area contributed by atoms with Gasteiger partial charge in [-0.3, -0.25) is 14.6 Å². The largest absolute Gasteiger partial charge is 0.483 e. The quantitative estimate of drug-likeness (QED) is 0.647. The molecule has 4 rings (SSSR count). The van der Waals surface area contributed by atoms with E-state index in [1.165, 1.54) is 0 Å². The number of aromatic nitrogens is 1. The number of nitrogens with zero attached hydrogens (tertiary/aromatic N) is 2. The summed E-state index contributed by atoms with van der Waals surface area (Å²) in [7, 11) is 0. The van der Waals surface area contributed by atoms with E-state index in [1.807, 2.05) is 51.1 Å². The highest BCUT2D eigenvalue weighted by molar-refractivity contribution is 5.91. The Morgan fingerprint density at radius 3 is 2.52 bits per heavy atom. The van der Waals surface area contributed by atoms with Crippen molar-refractivity contribution in [3.63, 3.8) is 0 Å². The van der Waals surface area contributed by atoms with Crippen molar-refractivity contribution in [3.05, 3.63) is 83.7 Å². The highest BCUT2D eigenvalue weighted by Crippen LogP contribution is 2.35. The van der Waals surface area contributed by atoms with Crippen molar-refractivity contribution >= 4 is 11.8 Å². The van der Waals surface area contributed by atoms with Crippen LogP contribution in [0, 0.1) is 6.92 Å². The highest BCUT2D eigenvalue weighted by Gasteiger charge is 2.38. The minimum atomic E-state index is -0.854. The third-order valence-electron chi connectivity index (χ3n) is 5.63. The van der Waals surface area contributed by atoms with Crippen LogP contribution in [0.5, 0.6) is 5.75 Å². The van der Waals surface area contributed by atoms with Crippen molar-refractivity contribution in [2.75, 3.05) is 6.61 Å². The molecule has 3 aromatic rings. The predicted octanol–water partition coefficient (Wildman–Crippen LogP) is 4.43. The van der Waals surface area contributed by atoms with Gasteiger partial charge < -0.3 is 15.0 Å². The second kappa shape index (κ2) is 9.06. The van der Waals surface area contributed by atoms with Gasteiger partial charge in [0, 0.05) is 30.0 Å². The van der Waals surface area contributed by atoms with E-state index in [0.717, 1.165) is 22.3 Å². The second-order valence-electron chi connectivity index (χ2n) is 9.34. The summed E-state index contributed by atoms with van der Waals surface area (Å²) < 4.78 is 5.76. The first-order valence-electron chi connectivity index (χ1n) is 11.1. The monoisotopic (exact) mass is 443 g/mol. The highest BCUT2D eigenvalue weighted by atomic mass is 16.5. The Hall–Kier alpha value is -3.67. The second-order valence-corrected chi connectivity index (χ2v) is 9.34. The van der Waals surface area contributed by atoms with Gasteiger partial charge in [0.1, 0.15) is 11.8 Å². The third-order valence-corrected chi connectivity index (χ3v) is 5.63. The Morgan fingerprint density at radius 1 is 1.09 bits per heavy atom. The number of fused-ring (bicyclic) bond motifs is 1. The number of carbonyl (C=O) groups is 2. The van der Waals surface area contributed by atoms with Crippen molar-refractivity contribution in [2.24, 2.45) is 0 Å². The van der Waals surface area contributed by atoms with Crippen molar-refractivity contribution in [1.82, 2.24) is 15.2 Å². The summed E-state index contributed by atoms with van der Waals surface area (Å²) >= 11 is 0. The Balaban J connectivity index is 1.79. The summed E-state index contributed by atoms with van der Waals surface area (Å²) in [6, 6.07) is 17.0. The molecule has 1 atom stereocenters. The lowest BCUT2D eigenvalue weighted by molar-refractivity contribution is -0.142. The molecule has 0 spiro atoms. The number of hydrogen-bond acceptors (Lipinski definition) is 4. The molecule has 2 amide bonds. The molecule has 1 unspecified atom stereocenters. The smallest absolute Gasteiger partial charge is 0.261 e. The molecule has 0 fully saturated rings. The fourth-order valence-corrected chi connectivity index (χ4v) is 4.14. The van der Waals surface area contributed by atoms with Crippen LogP contribution in [-0.4, -0.2) is 33.8 Å². The van der Waals surface area contributed by atoms with Crippen LogP contribution in [0.1, 0.15) is 43.5 Å². The summed E-state index contributed by atoms with van der Waals surface area (Å²) in [4.78, 5) is 32.6. The van der Waals surface area contributed by atoms with E-state index >= 15 is 0 Å². The lowest BCUT2D eigenvalue weighted by atomic mass is 9.95. The summed E-state index contributed by atoms with van der Waals surface area (Å²) in [5.41, 5.74) is 4.37. The van der Waals surface area contributed by atoms with Crippen LogP contribution in [0.15, 0.2) is 67.0 Å². The number of carbonyl (C=O) groups excluding carboxylic acids is 2. The Kier molecular flexibility index (Phi) is 6.18. The molecule has 0 saturated carbocycles. The molecular weight excluding hydrogens is 414 g/mol. The van der Waals surface area contributed by atoms with Gasteiger partial charge in [-0.15, -0.1) is 0 Å². The third kappa shape index (κ3) is 4.90. The molecule has 1 N–H and O–H groups in total. The van der Waals surface area contributed by atoms with Gasteiger partial charge in [0.25, 0.3) is 5.91 Å². The summed E-state index contributed by atoms with van der Waals surface area (Å²) in [6.07, 6.45) is 3.21. The van der Waals surface area contributed by atoms with E-state index in [2.05, 4.69) is 35.4 Å². The normalized spacial score (nSPS) is 15.9. The first-order valence-corrected chi connectivity index (χ1v) is 11.1. The Labute approximate surface area is 194 Å². The molecule has 2 heterocycles. The average Bonchev–Trinajstić information content (AvgIpc) is 2.90. The Morgan fingerprint density at radius 2 is 1.79 bits per heavy atom. The van der Waals surface area contributed by atoms with Gasteiger partial charge in [-0.25, -0.2) is 0 Å². The first-order chi connectivity index (χ1) is 15.7. The van der Waals surface area contributed by atoms with Gasteiger partial charge in [0.15, 0.2) is 6.61 Å². The molecule has 170 valence electrons. The molecule has 33 heavy (non-hydrogen) atoms. The number of benzene rings is 2. The number of ether oxygens (including phenoxy) is 1. The fraction of sp³-hybridized carbons (Fsp3) is 0.296. The van der Waals surface area contributed by atoms with Gasteiger partial charge in [-0.2, -0.15) is 0 Å². The first kappa shape index (κ1) is 22.5. The van der Waals surface area contributed by atoms with Crippen LogP contribution < -0.4 is 10.1 Å². The van der Waals surface area contributed by atoms with Gasteiger partial charge in [-0.1, -0.05) is 48.5 Å². The van der Waals surface area contributed by atoms with E-state index < -0.39 is 11.6 Å². The van der Waals surface area contributed by atoms with E-state index in [0.29, 0.717) is 11.3 Å². The topological polar surface area (TPSA) is 71.5 Å². The maximum Gasteiger partial charge on any atom is 0.261 e. The summed E-state index contributed by atoms with van der Waals surface area (Å²) in [5.74, 6) is -0.00841. The number of amides is 2. The molecule has 0 saturated heterocycles. The molecule has 1 aromatic heterocycles. The lowest BCUT2D eigenvalue weighted by Gasteiger charge is -2.32. The molecule has 0 aliphatic carbocycles. The number of aryl methyl sites for hydroxylation is 1. The standard InChI is InChI=1S/C27H29N3O3/c1-18-9-5-7-11-20(18)21-12-8-6-10-19(21)16-30-24(31)17-33-23-13-14-28-15-22(23)25(30)26(32)29-27(2,3)4/h5-15,25H,16-17H2,1-4H3,(H,29,32).